The van der Waals surface area contributed by atoms with Crippen LogP contribution < -0.4 is 15.4 Å². The average molecular weight is 414 g/mol. The Kier molecular flexibility index (Phi) is 10.8. The second-order valence-corrected chi connectivity index (χ2v) is 3.93. The molecule has 1 aromatic heterocycles. The number of nitrogens with zero attached hydrogens (tertiary/aromatic N) is 2. The Bertz CT molecular complexity index is 424. The van der Waals surface area contributed by atoms with Crippen LogP contribution in [0.3, 0.4) is 0 Å². The highest BCUT2D eigenvalue weighted by Gasteiger charge is 2.05. The number of aliphatic imine (C=N–C) groups is 1. The maximum atomic E-state index is 12.1. The minimum atomic E-state index is -2.51. The SMILES string of the molecule is CCNC(=NCc1ccnc(OCC(F)F)c1)NCC.I. The van der Waals surface area contributed by atoms with E-state index in [1.54, 1.807) is 12.1 Å². The molecule has 0 unspecified atom stereocenters. The first-order chi connectivity index (χ1) is 9.65. The molecule has 0 spiro atoms. The molecule has 0 aromatic carbocycles. The summed E-state index contributed by atoms with van der Waals surface area (Å²) in [5.41, 5.74) is 0.845. The molecule has 8 heteroatoms. The van der Waals surface area contributed by atoms with Crippen LogP contribution in [0.25, 0.3) is 0 Å². The normalized spacial score (nSPS) is 9.76. The fraction of sp³-hybridized carbons (Fsp3) is 0.538. The van der Waals surface area contributed by atoms with Crippen molar-refractivity contribution in [3.05, 3.63) is 23.9 Å². The fourth-order valence-electron chi connectivity index (χ4n) is 1.46. The highest BCUT2D eigenvalue weighted by atomic mass is 127. The summed E-state index contributed by atoms with van der Waals surface area (Å²) in [6.45, 7) is 5.27. The summed E-state index contributed by atoms with van der Waals surface area (Å²) in [7, 11) is 0. The molecule has 1 aromatic rings. The Labute approximate surface area is 140 Å². The van der Waals surface area contributed by atoms with E-state index in [1.807, 2.05) is 13.8 Å². The third-order valence-corrected chi connectivity index (χ3v) is 2.26. The Morgan fingerprint density at radius 2 is 2.00 bits per heavy atom. The van der Waals surface area contributed by atoms with Crippen LogP contribution in [0.15, 0.2) is 23.3 Å². The molecule has 0 aliphatic heterocycles. The van der Waals surface area contributed by atoms with Gasteiger partial charge >= 0.3 is 0 Å². The first-order valence-electron chi connectivity index (χ1n) is 6.53. The molecule has 1 heterocycles. The van der Waals surface area contributed by atoms with Crippen molar-refractivity contribution in [2.45, 2.75) is 26.8 Å². The number of hydrogen-bond acceptors (Lipinski definition) is 3. The van der Waals surface area contributed by atoms with Gasteiger partial charge in [0.2, 0.25) is 5.88 Å². The highest BCUT2D eigenvalue weighted by Crippen LogP contribution is 2.11. The van der Waals surface area contributed by atoms with E-state index in [9.17, 15) is 8.78 Å². The van der Waals surface area contributed by atoms with Crippen LogP contribution in [0, 0.1) is 0 Å². The van der Waals surface area contributed by atoms with Crippen molar-refractivity contribution in [2.75, 3.05) is 19.7 Å². The third-order valence-electron chi connectivity index (χ3n) is 2.26. The van der Waals surface area contributed by atoms with Crippen molar-refractivity contribution in [3.63, 3.8) is 0 Å². The number of halogens is 3. The summed E-state index contributed by atoms with van der Waals surface area (Å²) in [6, 6.07) is 3.38. The Hall–Kier alpha value is -1.19. The van der Waals surface area contributed by atoms with E-state index in [0.717, 1.165) is 18.7 Å². The van der Waals surface area contributed by atoms with Gasteiger partial charge in [-0.3, -0.25) is 0 Å². The van der Waals surface area contributed by atoms with Gasteiger partial charge in [-0.25, -0.2) is 18.8 Å². The molecular formula is C13H21F2IN4O. The summed E-state index contributed by atoms with van der Waals surface area (Å²) < 4.78 is 29.0. The minimum absolute atomic E-state index is 0. The number of guanidine groups is 1. The highest BCUT2D eigenvalue weighted by molar-refractivity contribution is 14.0. The lowest BCUT2D eigenvalue weighted by Crippen LogP contribution is -2.36. The molecule has 5 nitrogen and oxygen atoms in total. The maximum absolute atomic E-state index is 12.1. The average Bonchev–Trinajstić information content (AvgIpc) is 2.43. The third kappa shape index (κ3) is 8.64. The number of aromatic nitrogens is 1. The second-order valence-electron chi connectivity index (χ2n) is 3.93. The molecule has 0 fully saturated rings. The van der Waals surface area contributed by atoms with Gasteiger partial charge in [0.05, 0.1) is 6.54 Å². The zero-order valence-electron chi connectivity index (χ0n) is 12.1. The monoisotopic (exact) mass is 414 g/mol. The smallest absolute Gasteiger partial charge is 0.272 e. The predicted octanol–water partition coefficient (Wildman–Crippen LogP) is 2.42. The Morgan fingerprint density at radius 1 is 1.33 bits per heavy atom. The summed E-state index contributed by atoms with van der Waals surface area (Å²) in [4.78, 5) is 8.25. The van der Waals surface area contributed by atoms with Crippen LogP contribution in [0.2, 0.25) is 0 Å². The molecule has 0 saturated carbocycles. The molecule has 0 atom stereocenters. The number of nitrogens with one attached hydrogen (secondary N) is 2. The van der Waals surface area contributed by atoms with Crippen molar-refractivity contribution in [3.8, 4) is 5.88 Å². The van der Waals surface area contributed by atoms with E-state index in [0.29, 0.717) is 12.5 Å². The molecule has 21 heavy (non-hydrogen) atoms. The second kappa shape index (κ2) is 11.5. The zero-order chi connectivity index (χ0) is 14.8. The molecule has 120 valence electrons. The first kappa shape index (κ1) is 19.8. The zero-order valence-corrected chi connectivity index (χ0v) is 14.4. The summed E-state index contributed by atoms with van der Waals surface area (Å²) in [5.74, 6) is 0.897. The molecule has 2 N–H and O–H groups in total. The van der Waals surface area contributed by atoms with Crippen LogP contribution in [0.1, 0.15) is 19.4 Å². The van der Waals surface area contributed by atoms with Gasteiger partial charge < -0.3 is 15.4 Å². The molecule has 0 aliphatic carbocycles. The lowest BCUT2D eigenvalue weighted by molar-refractivity contribution is 0.0795. The molecule has 0 amide bonds. The first-order valence-corrected chi connectivity index (χ1v) is 6.53. The molecule has 1 rings (SSSR count). The minimum Gasteiger partial charge on any atom is -0.472 e. The lowest BCUT2D eigenvalue weighted by atomic mass is 10.3. The lowest BCUT2D eigenvalue weighted by Gasteiger charge is -2.09. The van der Waals surface area contributed by atoms with Crippen molar-refractivity contribution in [1.82, 2.24) is 15.6 Å². The summed E-state index contributed by atoms with van der Waals surface area (Å²) >= 11 is 0. The number of hydrogen-bond donors (Lipinski definition) is 2. The molecular weight excluding hydrogens is 393 g/mol. The molecule has 0 aliphatic rings. The van der Waals surface area contributed by atoms with Crippen molar-refractivity contribution >= 4 is 29.9 Å². The van der Waals surface area contributed by atoms with Crippen LogP contribution in [-0.2, 0) is 6.54 Å². The van der Waals surface area contributed by atoms with Gasteiger partial charge in [0.15, 0.2) is 12.6 Å². The Balaban J connectivity index is 0.00000400. The van der Waals surface area contributed by atoms with Crippen molar-refractivity contribution in [2.24, 2.45) is 4.99 Å². The van der Waals surface area contributed by atoms with Gasteiger partial charge in [-0.15, -0.1) is 24.0 Å². The van der Waals surface area contributed by atoms with Gasteiger partial charge in [-0.05, 0) is 25.5 Å². The fourth-order valence-corrected chi connectivity index (χ4v) is 1.46. The topological polar surface area (TPSA) is 58.5 Å². The van der Waals surface area contributed by atoms with Gasteiger partial charge in [-0.1, -0.05) is 0 Å². The standard InChI is InChI=1S/C13H20F2N4O.HI/c1-3-16-13(17-4-2)19-8-10-5-6-18-12(7-10)20-9-11(14)15;/h5-7,11H,3-4,8-9H2,1-2H3,(H2,16,17,19);1H. The van der Waals surface area contributed by atoms with E-state index in [4.69, 9.17) is 4.74 Å². The van der Waals surface area contributed by atoms with Gasteiger partial charge in [0, 0.05) is 25.4 Å². The van der Waals surface area contributed by atoms with Crippen molar-refractivity contribution < 1.29 is 13.5 Å². The van der Waals surface area contributed by atoms with Crippen LogP contribution in [0.5, 0.6) is 5.88 Å². The van der Waals surface area contributed by atoms with Gasteiger partial charge in [-0.2, -0.15) is 0 Å². The molecule has 0 radical (unpaired) electrons. The maximum Gasteiger partial charge on any atom is 0.272 e. The van der Waals surface area contributed by atoms with Gasteiger partial charge in [0.25, 0.3) is 6.43 Å². The number of pyridine rings is 1. The summed E-state index contributed by atoms with van der Waals surface area (Å²) in [5, 5.41) is 6.20. The van der Waals surface area contributed by atoms with E-state index in [2.05, 4.69) is 20.6 Å². The number of rotatable bonds is 7. The van der Waals surface area contributed by atoms with E-state index < -0.39 is 13.0 Å². The van der Waals surface area contributed by atoms with Gasteiger partial charge in [0.1, 0.15) is 0 Å². The quantitative estimate of drug-likeness (QED) is 0.409. The largest absolute Gasteiger partial charge is 0.472 e. The molecule has 0 bridgehead atoms. The number of alkyl halides is 2. The van der Waals surface area contributed by atoms with Crippen LogP contribution in [-0.4, -0.2) is 37.1 Å². The van der Waals surface area contributed by atoms with Crippen molar-refractivity contribution in [1.29, 1.82) is 0 Å². The predicted molar refractivity (Wildman–Crippen MR) is 89.6 cm³/mol. The number of ether oxygens (including phenoxy) is 1. The summed E-state index contributed by atoms with van der Waals surface area (Å²) in [6.07, 6.45) is -0.987. The van der Waals surface area contributed by atoms with Crippen LogP contribution >= 0.6 is 24.0 Å². The van der Waals surface area contributed by atoms with E-state index >= 15 is 0 Å². The molecule has 0 saturated heterocycles. The Morgan fingerprint density at radius 3 is 2.57 bits per heavy atom. The van der Waals surface area contributed by atoms with Crippen LogP contribution in [0.4, 0.5) is 8.78 Å². The van der Waals surface area contributed by atoms with E-state index in [1.165, 1.54) is 6.20 Å². The van der Waals surface area contributed by atoms with E-state index in [-0.39, 0.29) is 29.9 Å².